The van der Waals surface area contributed by atoms with Crippen LogP contribution in [0.3, 0.4) is 0 Å². The van der Waals surface area contributed by atoms with Crippen molar-refractivity contribution in [2.24, 2.45) is 4.99 Å². The molecule has 0 aliphatic carbocycles. The minimum absolute atomic E-state index is 0.124. The maximum absolute atomic E-state index is 12.1. The monoisotopic (exact) mass is 399 g/mol. The van der Waals surface area contributed by atoms with E-state index in [1.807, 2.05) is 46.5 Å². The van der Waals surface area contributed by atoms with E-state index in [0.717, 1.165) is 5.56 Å². The fraction of sp³-hybridized carbons (Fsp3) is 0.150. The van der Waals surface area contributed by atoms with Crippen LogP contribution in [-0.2, 0) is 11.3 Å². The average molecular weight is 400 g/mol. The summed E-state index contributed by atoms with van der Waals surface area (Å²) in [6, 6.07) is 16.8. The Morgan fingerprint density at radius 2 is 1.81 bits per heavy atom. The second-order valence-corrected chi connectivity index (χ2v) is 7.07. The van der Waals surface area contributed by atoms with Crippen molar-refractivity contribution in [2.75, 3.05) is 6.54 Å². The number of thiazole rings is 1. The highest BCUT2D eigenvalue weighted by atomic mass is 35.5. The molecule has 2 amide bonds. The van der Waals surface area contributed by atoms with Crippen LogP contribution in [0.4, 0.5) is 0 Å². The van der Waals surface area contributed by atoms with E-state index in [0.29, 0.717) is 21.9 Å². The molecule has 3 aromatic rings. The number of rotatable bonds is 6. The number of nitrogens with zero attached hydrogens (tertiary/aromatic N) is 2. The zero-order chi connectivity index (χ0) is 19.1. The van der Waals surface area contributed by atoms with Gasteiger partial charge in [0.25, 0.3) is 5.91 Å². The predicted molar refractivity (Wildman–Crippen MR) is 107 cm³/mol. The molecule has 5 nitrogen and oxygen atoms in total. The molecule has 0 aliphatic rings. The number of hydrogen-bond acceptors (Lipinski definition) is 3. The lowest BCUT2D eigenvalue weighted by Gasteiger charge is -2.05. The fourth-order valence-corrected chi connectivity index (χ4v) is 3.44. The summed E-state index contributed by atoms with van der Waals surface area (Å²) in [5, 5.41) is 4.98. The molecule has 2 aromatic carbocycles. The summed E-state index contributed by atoms with van der Waals surface area (Å²) in [6.07, 6.45) is 2.03. The van der Waals surface area contributed by atoms with Crippen LogP contribution in [0.15, 0.2) is 71.2 Å². The van der Waals surface area contributed by atoms with Crippen molar-refractivity contribution in [3.8, 4) is 0 Å². The Morgan fingerprint density at radius 3 is 2.59 bits per heavy atom. The first-order valence-electron chi connectivity index (χ1n) is 8.41. The maximum atomic E-state index is 12.1. The second-order valence-electron chi connectivity index (χ2n) is 5.79. The molecule has 138 valence electrons. The first-order valence-corrected chi connectivity index (χ1v) is 9.67. The molecule has 0 saturated heterocycles. The van der Waals surface area contributed by atoms with Crippen molar-refractivity contribution >= 4 is 34.8 Å². The summed E-state index contributed by atoms with van der Waals surface area (Å²) in [6.45, 7) is 0.857. The molecule has 3 rings (SSSR count). The third kappa shape index (κ3) is 5.39. The highest BCUT2D eigenvalue weighted by Crippen LogP contribution is 2.14. The molecule has 1 aromatic heterocycles. The molecule has 7 heteroatoms. The smallest absolute Gasteiger partial charge is 0.252 e. The second kappa shape index (κ2) is 9.30. The van der Waals surface area contributed by atoms with Gasteiger partial charge in [0.1, 0.15) is 0 Å². The lowest BCUT2D eigenvalue weighted by atomic mass is 10.2. The van der Waals surface area contributed by atoms with E-state index in [-0.39, 0.29) is 24.8 Å². The highest BCUT2D eigenvalue weighted by molar-refractivity contribution is 7.07. The zero-order valence-electron chi connectivity index (χ0n) is 14.5. The largest absolute Gasteiger partial charge is 0.351 e. The number of nitrogens with one attached hydrogen (secondary N) is 1. The van der Waals surface area contributed by atoms with Crippen LogP contribution < -0.4 is 10.1 Å². The Hall–Kier alpha value is -2.70. The van der Waals surface area contributed by atoms with Crippen LogP contribution in [0.25, 0.3) is 0 Å². The molecule has 0 fully saturated rings. The van der Waals surface area contributed by atoms with Crippen molar-refractivity contribution in [1.29, 1.82) is 0 Å². The van der Waals surface area contributed by atoms with Gasteiger partial charge in [0.05, 0.1) is 10.6 Å². The zero-order valence-corrected chi connectivity index (χ0v) is 16.0. The van der Waals surface area contributed by atoms with Crippen LogP contribution in [-0.4, -0.2) is 22.9 Å². The molecule has 0 bridgehead atoms. The molecular formula is C20H18ClN3O2S. The summed E-state index contributed by atoms with van der Waals surface area (Å²) in [5.41, 5.74) is 1.53. The van der Waals surface area contributed by atoms with Gasteiger partial charge in [-0.3, -0.25) is 9.59 Å². The van der Waals surface area contributed by atoms with Crippen molar-refractivity contribution in [1.82, 2.24) is 9.88 Å². The fourth-order valence-electron chi connectivity index (χ4n) is 2.47. The topological polar surface area (TPSA) is 63.5 Å². The highest BCUT2D eigenvalue weighted by Gasteiger charge is 2.09. The molecular weight excluding hydrogens is 382 g/mol. The minimum Gasteiger partial charge on any atom is -0.351 e. The third-order valence-electron chi connectivity index (χ3n) is 3.82. The number of hydrogen-bond donors (Lipinski definition) is 1. The number of halogens is 1. The van der Waals surface area contributed by atoms with Gasteiger partial charge in [-0.25, -0.2) is 0 Å². The molecule has 0 atom stereocenters. The predicted octanol–water partition coefficient (Wildman–Crippen LogP) is 3.50. The van der Waals surface area contributed by atoms with Crippen molar-refractivity contribution in [2.45, 2.75) is 13.0 Å². The summed E-state index contributed by atoms with van der Waals surface area (Å²) in [5.74, 6) is -0.581. The maximum Gasteiger partial charge on any atom is 0.252 e. The van der Waals surface area contributed by atoms with Crippen LogP contribution >= 0.6 is 22.9 Å². The van der Waals surface area contributed by atoms with E-state index in [9.17, 15) is 9.59 Å². The van der Waals surface area contributed by atoms with Crippen LogP contribution in [0.1, 0.15) is 22.3 Å². The molecule has 0 spiro atoms. The third-order valence-corrected chi connectivity index (χ3v) is 4.94. The van der Waals surface area contributed by atoms with E-state index >= 15 is 0 Å². The summed E-state index contributed by atoms with van der Waals surface area (Å²) in [7, 11) is 0. The molecule has 0 unspecified atom stereocenters. The average Bonchev–Trinajstić information content (AvgIpc) is 3.09. The lowest BCUT2D eigenvalue weighted by molar-refractivity contribution is -0.117. The number of aromatic nitrogens is 1. The number of amides is 2. The van der Waals surface area contributed by atoms with Gasteiger partial charge in [-0.2, -0.15) is 4.99 Å². The van der Waals surface area contributed by atoms with E-state index in [4.69, 9.17) is 11.6 Å². The van der Waals surface area contributed by atoms with E-state index in [2.05, 4.69) is 10.3 Å². The van der Waals surface area contributed by atoms with Crippen LogP contribution in [0.2, 0.25) is 5.02 Å². The number of carbonyl (C=O) groups is 2. The molecule has 0 aliphatic heterocycles. The van der Waals surface area contributed by atoms with Gasteiger partial charge >= 0.3 is 0 Å². The van der Waals surface area contributed by atoms with E-state index in [1.54, 1.807) is 24.3 Å². The van der Waals surface area contributed by atoms with Gasteiger partial charge in [0.15, 0.2) is 4.80 Å². The van der Waals surface area contributed by atoms with Gasteiger partial charge < -0.3 is 9.88 Å². The Bertz CT molecular complexity index is 995. The van der Waals surface area contributed by atoms with Crippen molar-refractivity contribution < 1.29 is 9.59 Å². The van der Waals surface area contributed by atoms with Crippen molar-refractivity contribution in [3.05, 3.63) is 87.1 Å². The summed E-state index contributed by atoms with van der Waals surface area (Å²) in [4.78, 5) is 29.0. The quantitative estimate of drug-likeness (QED) is 0.689. The summed E-state index contributed by atoms with van der Waals surface area (Å²) >= 11 is 7.40. The van der Waals surface area contributed by atoms with Gasteiger partial charge in [0, 0.05) is 31.1 Å². The SMILES string of the molecule is O=C(CCNC(=O)c1ccccc1Cl)N=c1sccn1Cc1ccccc1. The number of carbonyl (C=O) groups excluding carboxylic acids is 2. The Balaban J connectivity index is 1.57. The Morgan fingerprint density at radius 1 is 1.07 bits per heavy atom. The number of benzene rings is 2. The van der Waals surface area contributed by atoms with Gasteiger partial charge in [-0.1, -0.05) is 54.1 Å². The molecule has 0 saturated carbocycles. The molecule has 1 N–H and O–H groups in total. The van der Waals surface area contributed by atoms with Gasteiger partial charge in [-0.05, 0) is 17.7 Å². The van der Waals surface area contributed by atoms with E-state index < -0.39 is 0 Å². The van der Waals surface area contributed by atoms with Gasteiger partial charge in [0.2, 0.25) is 5.91 Å². The molecule has 1 heterocycles. The van der Waals surface area contributed by atoms with Crippen LogP contribution in [0.5, 0.6) is 0 Å². The van der Waals surface area contributed by atoms with Crippen LogP contribution in [0, 0.1) is 0 Å². The molecule has 27 heavy (non-hydrogen) atoms. The minimum atomic E-state index is -0.302. The lowest BCUT2D eigenvalue weighted by Crippen LogP contribution is -2.26. The standard InChI is InChI=1S/C20H18ClN3O2S/c21-17-9-5-4-8-16(17)19(26)22-11-10-18(25)23-20-24(12-13-27-20)14-15-6-2-1-3-7-15/h1-9,12-13H,10-11,14H2,(H,22,26). The Labute approximate surface area is 166 Å². The Kier molecular flexibility index (Phi) is 6.57. The normalized spacial score (nSPS) is 11.4. The first kappa shape index (κ1) is 19.1. The summed E-state index contributed by atoms with van der Waals surface area (Å²) < 4.78 is 1.93. The first-order chi connectivity index (χ1) is 13.1. The molecule has 0 radical (unpaired) electrons. The van der Waals surface area contributed by atoms with E-state index in [1.165, 1.54) is 11.3 Å². The van der Waals surface area contributed by atoms with Gasteiger partial charge in [-0.15, -0.1) is 11.3 Å². The van der Waals surface area contributed by atoms with Crippen molar-refractivity contribution in [3.63, 3.8) is 0 Å².